The summed E-state index contributed by atoms with van der Waals surface area (Å²) in [7, 11) is 1.84. The molecule has 0 radical (unpaired) electrons. The molecular weight excluding hydrogens is 767 g/mol. The summed E-state index contributed by atoms with van der Waals surface area (Å²) >= 11 is 0. The number of piperidine rings is 1. The van der Waals surface area contributed by atoms with Crippen molar-refractivity contribution >= 4 is 75.3 Å². The van der Waals surface area contributed by atoms with Gasteiger partial charge in [0.2, 0.25) is 29.6 Å². The lowest BCUT2D eigenvalue weighted by Gasteiger charge is -2.34. The molecule has 6 heterocycles. The van der Waals surface area contributed by atoms with Crippen LogP contribution < -0.4 is 21.3 Å². The smallest absolute Gasteiger partial charge is 0.262 e. The van der Waals surface area contributed by atoms with Gasteiger partial charge in [0, 0.05) is 56.4 Å². The van der Waals surface area contributed by atoms with Crippen LogP contribution in [0, 0.1) is 13.8 Å². The molecule has 3 aromatic carbocycles. The monoisotopic (exact) mass is 809 g/mol. The predicted molar refractivity (Wildman–Crippen MR) is 221 cm³/mol. The van der Waals surface area contributed by atoms with E-state index in [4.69, 9.17) is 4.98 Å². The molecule has 2 fully saturated rings. The number of benzene rings is 3. The fraction of sp³-hybridized carbons (Fsp3) is 0.326. The second-order valence-electron chi connectivity index (χ2n) is 15.7. The van der Waals surface area contributed by atoms with Gasteiger partial charge in [0.25, 0.3) is 11.8 Å². The van der Waals surface area contributed by atoms with Gasteiger partial charge in [-0.05, 0) is 92.1 Å². The molecule has 60 heavy (non-hydrogen) atoms. The number of anilines is 5. The van der Waals surface area contributed by atoms with Gasteiger partial charge in [0.15, 0.2) is 11.5 Å². The molecule has 5 aromatic rings. The Bertz CT molecular complexity index is 2640. The number of carbonyl (C=O) groups is 6. The maximum Gasteiger partial charge on any atom is 0.262 e. The van der Waals surface area contributed by atoms with Gasteiger partial charge in [-0.15, -0.1) is 0 Å². The number of rotatable bonds is 9. The van der Waals surface area contributed by atoms with E-state index in [1.165, 1.54) is 12.1 Å². The largest absolute Gasteiger partial charge is 0.376 e. The summed E-state index contributed by atoms with van der Waals surface area (Å²) in [6.07, 6.45) is 3.76. The fourth-order valence-corrected chi connectivity index (χ4v) is 8.67. The Kier molecular flexibility index (Phi) is 9.72. The molecule has 0 saturated carbocycles. The zero-order valence-electron chi connectivity index (χ0n) is 33.4. The third kappa shape index (κ3) is 6.94. The standard InChI is InChI=1S/C43H43N11O6/c1-23-6-4-7-24(2)36(23)48-37-31-20-45-43(49-38(31)51(3)50-37)46-28-10-9-25-15-17-52(22-26(25)18-28)42(60)33-8-5-16-53(33)35(56)21-44-27-11-12-29-30(19-27)41(59)54(40(29)58)32-13-14-34(55)47-39(32)57/h4,6-7,9-12,18-20,32-33,44H,5,8,13-17,21-22H2,1-3H3,(H,48,50)(H,45,46,49)(H,47,55,57)/t32?,33-/m0/s1. The van der Waals surface area contributed by atoms with Crippen molar-refractivity contribution in [1.29, 1.82) is 0 Å². The SMILES string of the molecule is Cc1cccc(C)c1Nc1nn(C)c2nc(Nc3ccc4c(c3)CN(C(=O)[C@@H]3CCCN3C(=O)CNc3ccc5c(c3)C(=O)N(C3CCC(=O)NC3=O)C5=O)CC4)ncc12. The molecule has 17 heteroatoms. The minimum atomic E-state index is -1.07. The highest BCUT2D eigenvalue weighted by atomic mass is 16.2. The molecule has 4 aliphatic heterocycles. The van der Waals surface area contributed by atoms with Crippen LogP contribution in [0.15, 0.2) is 60.8 Å². The van der Waals surface area contributed by atoms with Crippen LogP contribution in [0.5, 0.6) is 0 Å². The van der Waals surface area contributed by atoms with Gasteiger partial charge < -0.3 is 25.8 Å². The number of imide groups is 2. The van der Waals surface area contributed by atoms with E-state index >= 15 is 0 Å². The van der Waals surface area contributed by atoms with Crippen molar-refractivity contribution in [1.82, 2.24) is 39.8 Å². The molecule has 6 amide bonds. The third-order valence-corrected chi connectivity index (χ3v) is 11.8. The van der Waals surface area contributed by atoms with Crippen molar-refractivity contribution in [3.8, 4) is 0 Å². The highest BCUT2D eigenvalue weighted by Gasteiger charge is 2.45. The molecule has 1 unspecified atom stereocenters. The summed E-state index contributed by atoms with van der Waals surface area (Å²) in [5.41, 5.74) is 7.51. The number of nitrogens with one attached hydrogen (secondary N) is 4. The van der Waals surface area contributed by atoms with Crippen molar-refractivity contribution < 1.29 is 28.8 Å². The highest BCUT2D eigenvalue weighted by molar-refractivity contribution is 6.23. The van der Waals surface area contributed by atoms with Crippen LogP contribution in [0.4, 0.5) is 28.8 Å². The zero-order chi connectivity index (χ0) is 41.8. The topological polar surface area (TPSA) is 204 Å². The molecule has 0 bridgehead atoms. The molecule has 2 aromatic heterocycles. The van der Waals surface area contributed by atoms with Crippen molar-refractivity contribution in [3.05, 3.63) is 94.2 Å². The molecule has 17 nitrogen and oxygen atoms in total. The van der Waals surface area contributed by atoms with Crippen LogP contribution in [0.3, 0.4) is 0 Å². The zero-order valence-corrected chi connectivity index (χ0v) is 33.4. The first-order valence-electron chi connectivity index (χ1n) is 20.0. The molecule has 0 spiro atoms. The highest BCUT2D eigenvalue weighted by Crippen LogP contribution is 2.32. The quantitative estimate of drug-likeness (QED) is 0.157. The minimum Gasteiger partial charge on any atom is -0.376 e. The van der Waals surface area contributed by atoms with Crippen LogP contribution in [-0.4, -0.2) is 102 Å². The van der Waals surface area contributed by atoms with E-state index in [0.717, 1.165) is 43.9 Å². The van der Waals surface area contributed by atoms with Crippen LogP contribution in [0.25, 0.3) is 11.0 Å². The van der Waals surface area contributed by atoms with Gasteiger partial charge in [-0.1, -0.05) is 24.3 Å². The number of hydrogen-bond acceptors (Lipinski definition) is 12. The molecule has 2 atom stereocenters. The van der Waals surface area contributed by atoms with E-state index in [1.54, 1.807) is 21.8 Å². The number of likely N-dealkylation sites (tertiary alicyclic amines) is 1. The normalized spacial score (nSPS) is 18.8. The third-order valence-electron chi connectivity index (χ3n) is 11.8. The second kappa shape index (κ2) is 15.2. The van der Waals surface area contributed by atoms with Crippen LogP contribution in [-0.2, 0) is 39.2 Å². The van der Waals surface area contributed by atoms with Gasteiger partial charge in [-0.25, -0.2) is 9.67 Å². The molecular formula is C43H43N11O6. The summed E-state index contributed by atoms with van der Waals surface area (Å²) in [6.45, 7) is 5.35. The number of para-hydroxylation sites is 1. The summed E-state index contributed by atoms with van der Waals surface area (Å²) < 4.78 is 1.72. The lowest BCUT2D eigenvalue weighted by atomic mass is 9.98. The van der Waals surface area contributed by atoms with Crippen molar-refractivity contribution in [2.45, 2.75) is 64.6 Å². The Labute approximate surface area is 344 Å². The van der Waals surface area contributed by atoms with E-state index in [2.05, 4.69) is 63.4 Å². The van der Waals surface area contributed by atoms with E-state index in [1.807, 2.05) is 30.1 Å². The molecule has 4 N–H and O–H groups in total. The van der Waals surface area contributed by atoms with Gasteiger partial charge in [-0.2, -0.15) is 10.1 Å². The number of aryl methyl sites for hydroxylation is 3. The van der Waals surface area contributed by atoms with Crippen LogP contribution >= 0.6 is 0 Å². The van der Waals surface area contributed by atoms with E-state index in [0.29, 0.717) is 62.0 Å². The number of hydrogen-bond donors (Lipinski definition) is 4. The lowest BCUT2D eigenvalue weighted by Crippen LogP contribution is -2.54. The minimum absolute atomic E-state index is 0.0263. The Hall–Kier alpha value is -7.17. The number of amides is 6. The number of nitrogens with zero attached hydrogens (tertiary/aromatic N) is 7. The number of aromatic nitrogens is 4. The van der Waals surface area contributed by atoms with Crippen molar-refractivity contribution in [2.24, 2.45) is 7.05 Å². The lowest BCUT2D eigenvalue weighted by molar-refractivity contribution is -0.143. The van der Waals surface area contributed by atoms with Crippen molar-refractivity contribution in [3.63, 3.8) is 0 Å². The van der Waals surface area contributed by atoms with E-state index in [9.17, 15) is 28.8 Å². The first kappa shape index (κ1) is 38.4. The number of carbonyl (C=O) groups excluding carboxylic acids is 6. The van der Waals surface area contributed by atoms with Gasteiger partial charge in [0.05, 0.1) is 23.1 Å². The average Bonchev–Trinajstić information content (AvgIpc) is 3.92. The van der Waals surface area contributed by atoms with Gasteiger partial charge >= 0.3 is 0 Å². The summed E-state index contributed by atoms with van der Waals surface area (Å²) in [4.78, 5) is 91.7. The van der Waals surface area contributed by atoms with E-state index < -0.39 is 35.7 Å². The van der Waals surface area contributed by atoms with Gasteiger partial charge in [0.1, 0.15) is 12.1 Å². The first-order chi connectivity index (χ1) is 28.9. The van der Waals surface area contributed by atoms with Crippen molar-refractivity contribution in [2.75, 3.05) is 35.6 Å². The molecule has 4 aliphatic rings. The maximum atomic E-state index is 14.0. The maximum absolute atomic E-state index is 14.0. The van der Waals surface area contributed by atoms with Crippen LogP contribution in [0.2, 0.25) is 0 Å². The Balaban J connectivity index is 0.829. The Morgan fingerprint density at radius 1 is 0.867 bits per heavy atom. The second-order valence-corrected chi connectivity index (χ2v) is 15.7. The fourth-order valence-electron chi connectivity index (χ4n) is 8.67. The Morgan fingerprint density at radius 2 is 1.65 bits per heavy atom. The first-order valence-corrected chi connectivity index (χ1v) is 20.0. The molecule has 0 aliphatic carbocycles. The predicted octanol–water partition coefficient (Wildman–Crippen LogP) is 3.86. The summed E-state index contributed by atoms with van der Waals surface area (Å²) in [5.74, 6) is -1.65. The Morgan fingerprint density at radius 3 is 2.45 bits per heavy atom. The molecule has 2 saturated heterocycles. The van der Waals surface area contributed by atoms with E-state index in [-0.39, 0.29) is 42.3 Å². The average molecular weight is 810 g/mol. The van der Waals surface area contributed by atoms with Crippen LogP contribution in [0.1, 0.15) is 68.7 Å². The number of fused-ring (bicyclic) bond motifs is 3. The molecule has 9 rings (SSSR count). The summed E-state index contributed by atoms with van der Waals surface area (Å²) in [6, 6.07) is 15.1. The molecule has 306 valence electrons. The summed E-state index contributed by atoms with van der Waals surface area (Å²) in [5, 5.41) is 17.5. The van der Waals surface area contributed by atoms with Gasteiger partial charge in [-0.3, -0.25) is 39.0 Å².